The first-order chi connectivity index (χ1) is 10.1. The summed E-state index contributed by atoms with van der Waals surface area (Å²) in [5.41, 5.74) is 1.84. The largest absolute Gasteiger partial charge is 0.420 e. The summed E-state index contributed by atoms with van der Waals surface area (Å²) in [7, 11) is 0. The Morgan fingerprint density at radius 3 is 2.17 bits per heavy atom. The molecule has 3 aromatic heterocycles. The first-order valence-corrected chi connectivity index (χ1v) is 5.96. The molecule has 0 amide bonds. The van der Waals surface area contributed by atoms with Gasteiger partial charge in [0.25, 0.3) is 0 Å². The fourth-order valence-corrected chi connectivity index (χ4v) is 1.45. The number of rotatable bonds is 0. The van der Waals surface area contributed by atoms with Crippen LogP contribution in [0.2, 0.25) is 0 Å². The number of hydrogen-bond donors (Lipinski definition) is 3. The number of H-pyrrole nitrogens is 3. The molecule has 0 aliphatic carbocycles. The molecule has 3 N–H and O–H groups in total. The summed E-state index contributed by atoms with van der Waals surface area (Å²) in [5, 5.41) is 0.615. The fraction of sp³-hybridized carbons (Fsp3) is 0.143. The van der Waals surface area contributed by atoms with E-state index in [0.29, 0.717) is 11.0 Å². The van der Waals surface area contributed by atoms with Crippen molar-refractivity contribution in [2.75, 3.05) is 0 Å². The molecule has 3 heterocycles. The maximum atomic E-state index is 11.1. The van der Waals surface area contributed by atoms with Crippen LogP contribution in [0.1, 0.15) is 11.1 Å². The molecule has 0 aliphatic heterocycles. The molecule has 9 heteroatoms. The van der Waals surface area contributed by atoms with Gasteiger partial charge in [-0.25, -0.2) is 0 Å². The minimum absolute atomic E-state index is 0. The molecule has 3 rings (SSSR count). The van der Waals surface area contributed by atoms with Gasteiger partial charge >= 0.3 is 0 Å². The number of aromatic amines is 3. The number of fused-ring (bicyclic) bond motifs is 1. The third-order valence-corrected chi connectivity index (χ3v) is 2.37. The minimum atomic E-state index is -0.351. The predicted molar refractivity (Wildman–Crippen MR) is 80.0 cm³/mol. The van der Waals surface area contributed by atoms with Crippen molar-refractivity contribution < 1.29 is 65.4 Å². The smallest absolute Gasteiger partial charge is 0.227 e. The van der Waals surface area contributed by atoms with Crippen molar-refractivity contribution >= 4 is 11.0 Å². The molecule has 0 aromatic carbocycles. The zero-order valence-corrected chi connectivity index (χ0v) is 18.6. The summed E-state index contributed by atoms with van der Waals surface area (Å²) in [6.07, 6.45) is 8.22. The molecule has 0 atom stereocenters. The van der Waals surface area contributed by atoms with E-state index in [1.165, 1.54) is 0 Å². The second kappa shape index (κ2) is 12.6. The van der Waals surface area contributed by atoms with Gasteiger partial charge in [-0.2, -0.15) is 0 Å². The van der Waals surface area contributed by atoms with Crippen molar-refractivity contribution in [2.45, 2.75) is 13.8 Å². The molecule has 7 nitrogen and oxygen atoms in total. The molecule has 116 valence electrons. The van der Waals surface area contributed by atoms with Crippen molar-refractivity contribution in [3.63, 3.8) is 0 Å². The topological polar surface area (TPSA) is 107 Å². The summed E-state index contributed by atoms with van der Waals surface area (Å²) < 4.78 is 0. The maximum Gasteiger partial charge on any atom is 0.227 e. The summed E-state index contributed by atoms with van der Waals surface area (Å²) in [6.45, 7) is 9.67. The van der Waals surface area contributed by atoms with Crippen molar-refractivity contribution in [3.8, 4) is 0 Å². The van der Waals surface area contributed by atoms with Gasteiger partial charge in [0, 0.05) is 77.4 Å². The second-order valence-corrected chi connectivity index (χ2v) is 3.87. The zero-order chi connectivity index (χ0) is 15.8. The standard InChI is InChI=1S/C7H6N3O.C5H5N2O.C2H4.2Y/c1-4-2-8-6-5(4)7(11)10-3-9-6;1-4-2-6-5(8)7-3-4;1-2;;/h2H,1H3,(H2,8,9,10,11);2H,1H3,(H,6,7,8);1-2H2;;/q2*-1;;;. The Morgan fingerprint density at radius 1 is 1.04 bits per heavy atom. The third kappa shape index (κ3) is 7.57. The molecular weight excluding hydrogens is 448 g/mol. The SMILES string of the molecule is C=C.Cc1[c-]nc(=O)[nH]c1.Cc1c[nH]c2n[c-][nH]c(=O)c12.[Y].[Y]. The average Bonchev–Trinajstić information content (AvgIpc) is 2.88. The van der Waals surface area contributed by atoms with E-state index >= 15 is 0 Å². The van der Waals surface area contributed by atoms with Gasteiger partial charge in [-0.3, -0.25) is 0 Å². The quantitative estimate of drug-likeness (QED) is 0.342. The van der Waals surface area contributed by atoms with Crippen molar-refractivity contribution in [2.24, 2.45) is 0 Å². The molecule has 3 aromatic rings. The Morgan fingerprint density at radius 2 is 1.70 bits per heavy atom. The Hall–Kier alpha value is -0.752. The summed E-state index contributed by atoms with van der Waals surface area (Å²) in [6, 6.07) is 0. The Bertz CT molecular complexity index is 805. The molecule has 0 spiro atoms. The van der Waals surface area contributed by atoms with Crippen LogP contribution in [0, 0.1) is 26.4 Å². The van der Waals surface area contributed by atoms with Crippen LogP contribution in [-0.2, 0) is 65.4 Å². The van der Waals surface area contributed by atoms with Gasteiger partial charge in [0.15, 0.2) is 0 Å². The second-order valence-electron chi connectivity index (χ2n) is 3.87. The van der Waals surface area contributed by atoms with E-state index in [0.717, 1.165) is 11.1 Å². The van der Waals surface area contributed by atoms with E-state index in [9.17, 15) is 9.59 Å². The summed E-state index contributed by atoms with van der Waals surface area (Å²) >= 11 is 0. The van der Waals surface area contributed by atoms with E-state index < -0.39 is 0 Å². The van der Waals surface area contributed by atoms with Crippen LogP contribution in [0.5, 0.6) is 0 Å². The van der Waals surface area contributed by atoms with Crippen LogP contribution in [0.3, 0.4) is 0 Å². The van der Waals surface area contributed by atoms with Crippen LogP contribution in [0.25, 0.3) is 11.0 Å². The summed E-state index contributed by atoms with van der Waals surface area (Å²) in [5.74, 6) is 0. The molecule has 0 unspecified atom stereocenters. The number of nitrogens with zero attached hydrogens (tertiary/aromatic N) is 2. The predicted octanol–water partition coefficient (Wildman–Crippen LogP) is 1.04. The Kier molecular flexibility index (Phi) is 13.5. The summed E-state index contributed by atoms with van der Waals surface area (Å²) in [4.78, 5) is 36.2. The Labute approximate surface area is 183 Å². The van der Waals surface area contributed by atoms with Gasteiger partial charge < -0.3 is 34.5 Å². The van der Waals surface area contributed by atoms with Gasteiger partial charge in [0.05, 0.1) is 0 Å². The molecule has 0 saturated carbocycles. The van der Waals surface area contributed by atoms with Crippen molar-refractivity contribution in [1.82, 2.24) is 24.9 Å². The van der Waals surface area contributed by atoms with Crippen LogP contribution in [0.15, 0.2) is 35.1 Å². The van der Waals surface area contributed by atoms with Gasteiger partial charge in [-0.05, 0) is 24.1 Å². The molecule has 0 saturated heterocycles. The van der Waals surface area contributed by atoms with Crippen molar-refractivity contribution in [3.05, 3.63) is 70.0 Å². The molecule has 23 heavy (non-hydrogen) atoms. The van der Waals surface area contributed by atoms with Crippen molar-refractivity contribution in [1.29, 1.82) is 0 Å². The zero-order valence-electron chi connectivity index (χ0n) is 12.9. The molecular formula is C14H15N5O2Y2-2. The van der Waals surface area contributed by atoms with Gasteiger partial charge in [0.2, 0.25) is 5.69 Å². The monoisotopic (exact) mass is 463 g/mol. The van der Waals surface area contributed by atoms with Gasteiger partial charge in [0.1, 0.15) is 5.56 Å². The first-order valence-electron chi connectivity index (χ1n) is 5.96. The van der Waals surface area contributed by atoms with Crippen LogP contribution in [0.4, 0.5) is 0 Å². The number of aromatic nitrogens is 5. The molecule has 0 fully saturated rings. The fourth-order valence-electron chi connectivity index (χ4n) is 1.45. The van der Waals surface area contributed by atoms with E-state index in [1.807, 2.05) is 13.8 Å². The normalized spacial score (nSPS) is 8.43. The molecule has 0 aliphatic rings. The van der Waals surface area contributed by atoms with E-state index in [-0.39, 0.29) is 76.7 Å². The molecule has 2 radical (unpaired) electrons. The Balaban J connectivity index is 0. The van der Waals surface area contributed by atoms with Gasteiger partial charge in [-0.1, -0.05) is 19.3 Å². The molecule has 0 bridgehead atoms. The van der Waals surface area contributed by atoms with Crippen LogP contribution < -0.4 is 11.2 Å². The minimum Gasteiger partial charge on any atom is -0.420 e. The number of nitrogens with one attached hydrogen (secondary N) is 3. The number of aryl methyl sites for hydroxylation is 2. The average molecular weight is 463 g/mol. The van der Waals surface area contributed by atoms with Gasteiger partial charge in [-0.15, -0.1) is 18.7 Å². The first kappa shape index (κ1) is 24.5. The van der Waals surface area contributed by atoms with E-state index in [4.69, 9.17) is 0 Å². The van der Waals surface area contributed by atoms with Crippen LogP contribution in [-0.4, -0.2) is 24.9 Å². The van der Waals surface area contributed by atoms with E-state index in [2.05, 4.69) is 50.6 Å². The third-order valence-electron chi connectivity index (χ3n) is 2.37. The maximum absolute atomic E-state index is 11.1. The van der Waals surface area contributed by atoms with Crippen LogP contribution >= 0.6 is 0 Å². The van der Waals surface area contributed by atoms with E-state index in [1.54, 1.807) is 12.4 Å². The number of hydrogen-bond acceptors (Lipinski definition) is 4.